The van der Waals surface area contributed by atoms with E-state index in [4.69, 9.17) is 4.74 Å². The van der Waals surface area contributed by atoms with Gasteiger partial charge in [0.05, 0.1) is 12.1 Å². The number of methoxy groups -OCH3 is 1. The van der Waals surface area contributed by atoms with Crippen LogP contribution in [0.2, 0.25) is 0 Å². The van der Waals surface area contributed by atoms with Gasteiger partial charge in [-0.15, -0.1) is 0 Å². The van der Waals surface area contributed by atoms with Crippen molar-refractivity contribution in [3.8, 4) is 0 Å². The maximum atomic E-state index is 12.7. The van der Waals surface area contributed by atoms with Gasteiger partial charge < -0.3 is 15.0 Å². The van der Waals surface area contributed by atoms with Gasteiger partial charge in [-0.25, -0.2) is 4.79 Å². The highest BCUT2D eigenvalue weighted by Crippen LogP contribution is 2.30. The highest BCUT2D eigenvalue weighted by molar-refractivity contribution is 5.75. The molecule has 0 atom stereocenters. The van der Waals surface area contributed by atoms with Gasteiger partial charge in [-0.05, 0) is 18.4 Å². The van der Waals surface area contributed by atoms with Crippen LogP contribution in [0.15, 0.2) is 36.4 Å². The number of ether oxygens (including phenoxy) is 1. The Morgan fingerprint density at radius 3 is 2.50 bits per heavy atom. The van der Waals surface area contributed by atoms with Gasteiger partial charge in [0.1, 0.15) is 0 Å². The van der Waals surface area contributed by atoms with Crippen LogP contribution in [0.3, 0.4) is 0 Å². The van der Waals surface area contributed by atoms with Crippen LogP contribution in [0.5, 0.6) is 0 Å². The molecular weight excluding hydrogens is 326 g/mol. The molecule has 0 spiro atoms. The smallest absolute Gasteiger partial charge is 0.317 e. The summed E-state index contributed by atoms with van der Waals surface area (Å²) < 4.78 is 5.37. The van der Waals surface area contributed by atoms with Gasteiger partial charge in [-0.1, -0.05) is 55.3 Å². The predicted octanol–water partition coefficient (Wildman–Crippen LogP) is 2.99. The van der Waals surface area contributed by atoms with E-state index in [1.807, 2.05) is 11.0 Å². The molecule has 1 saturated heterocycles. The molecule has 0 radical (unpaired) electrons. The van der Waals surface area contributed by atoms with Crippen molar-refractivity contribution in [2.45, 2.75) is 31.2 Å². The zero-order valence-corrected chi connectivity index (χ0v) is 15.8. The van der Waals surface area contributed by atoms with E-state index in [-0.39, 0.29) is 11.6 Å². The molecule has 1 N–H and O–H groups in total. The minimum atomic E-state index is -0.151. The summed E-state index contributed by atoms with van der Waals surface area (Å²) in [5.74, 6) is 0. The minimum absolute atomic E-state index is 0.0726. The molecule has 0 bridgehead atoms. The molecule has 0 aromatic heterocycles. The number of carbonyl (C=O) groups is 1. The minimum Gasteiger partial charge on any atom is -0.382 e. The molecule has 2 aliphatic rings. The van der Waals surface area contributed by atoms with E-state index >= 15 is 0 Å². The van der Waals surface area contributed by atoms with Crippen LogP contribution < -0.4 is 5.32 Å². The number of rotatable bonds is 6. The molecule has 1 heterocycles. The van der Waals surface area contributed by atoms with Crippen LogP contribution in [0, 0.1) is 0 Å². The van der Waals surface area contributed by atoms with Crippen molar-refractivity contribution in [3.63, 3.8) is 0 Å². The van der Waals surface area contributed by atoms with Gasteiger partial charge in [0.15, 0.2) is 0 Å². The highest BCUT2D eigenvalue weighted by atomic mass is 16.5. The van der Waals surface area contributed by atoms with E-state index in [1.54, 1.807) is 7.11 Å². The second-order valence-electron chi connectivity index (χ2n) is 7.45. The molecule has 1 aromatic carbocycles. The van der Waals surface area contributed by atoms with E-state index < -0.39 is 0 Å². The monoisotopic (exact) mass is 357 g/mol. The van der Waals surface area contributed by atoms with E-state index in [1.165, 1.54) is 18.4 Å². The summed E-state index contributed by atoms with van der Waals surface area (Å²) in [6, 6.07) is 10.4. The lowest BCUT2D eigenvalue weighted by Gasteiger charge is -2.37. The average Bonchev–Trinajstić information content (AvgIpc) is 3.11. The van der Waals surface area contributed by atoms with E-state index in [0.29, 0.717) is 6.61 Å². The number of piperazine rings is 1. The Morgan fingerprint density at radius 1 is 1.15 bits per heavy atom. The number of urea groups is 1. The topological polar surface area (TPSA) is 44.8 Å². The molecule has 1 aliphatic carbocycles. The van der Waals surface area contributed by atoms with Gasteiger partial charge in [0, 0.05) is 39.8 Å². The number of amides is 2. The summed E-state index contributed by atoms with van der Waals surface area (Å²) >= 11 is 0. The molecule has 0 unspecified atom stereocenters. The van der Waals surface area contributed by atoms with E-state index in [2.05, 4.69) is 46.6 Å². The quantitative estimate of drug-likeness (QED) is 0.851. The Hall–Kier alpha value is -1.85. The zero-order valence-electron chi connectivity index (χ0n) is 15.8. The Morgan fingerprint density at radius 2 is 1.85 bits per heavy atom. The number of hydrogen-bond acceptors (Lipinski definition) is 3. The second kappa shape index (κ2) is 9.19. The van der Waals surface area contributed by atoms with Crippen LogP contribution in [0.25, 0.3) is 6.08 Å². The van der Waals surface area contributed by atoms with Crippen LogP contribution >= 0.6 is 0 Å². The molecule has 1 saturated carbocycles. The number of nitrogens with one attached hydrogen (secondary N) is 1. The van der Waals surface area contributed by atoms with Crippen molar-refractivity contribution in [3.05, 3.63) is 42.0 Å². The molecule has 1 aliphatic heterocycles. The molecule has 3 rings (SSSR count). The van der Waals surface area contributed by atoms with Gasteiger partial charge in [0.2, 0.25) is 0 Å². The Labute approximate surface area is 157 Å². The van der Waals surface area contributed by atoms with E-state index in [0.717, 1.165) is 45.6 Å². The molecule has 2 amide bonds. The number of carbonyl (C=O) groups excluding carboxylic acids is 1. The number of nitrogens with zero attached hydrogens (tertiary/aromatic N) is 2. The third-order valence-electron chi connectivity index (χ3n) is 5.49. The predicted molar refractivity (Wildman–Crippen MR) is 105 cm³/mol. The van der Waals surface area contributed by atoms with Crippen molar-refractivity contribution < 1.29 is 9.53 Å². The maximum Gasteiger partial charge on any atom is 0.317 e. The fourth-order valence-electron chi connectivity index (χ4n) is 3.97. The number of benzene rings is 1. The first-order valence-corrected chi connectivity index (χ1v) is 9.71. The third kappa shape index (κ3) is 5.08. The summed E-state index contributed by atoms with van der Waals surface area (Å²) in [7, 11) is 1.72. The maximum absolute atomic E-state index is 12.7. The van der Waals surface area contributed by atoms with Crippen molar-refractivity contribution in [1.29, 1.82) is 0 Å². The SMILES string of the molecule is COCC1(NC(=O)N2CCN(CC=Cc3ccccc3)CC2)CCCC1. The first-order valence-electron chi connectivity index (χ1n) is 9.71. The molecule has 5 nitrogen and oxygen atoms in total. The van der Waals surface area contributed by atoms with Crippen molar-refractivity contribution in [2.75, 3.05) is 46.4 Å². The molecule has 142 valence electrons. The third-order valence-corrected chi connectivity index (χ3v) is 5.49. The molecular formula is C21H31N3O2. The van der Waals surface area contributed by atoms with Crippen molar-refractivity contribution in [2.24, 2.45) is 0 Å². The Kier molecular flexibility index (Phi) is 6.69. The summed E-state index contributed by atoms with van der Waals surface area (Å²) in [5, 5.41) is 3.27. The van der Waals surface area contributed by atoms with Crippen LogP contribution in [0.1, 0.15) is 31.2 Å². The lowest BCUT2D eigenvalue weighted by molar-refractivity contribution is 0.0995. The van der Waals surface area contributed by atoms with Crippen molar-refractivity contribution in [1.82, 2.24) is 15.1 Å². The summed E-state index contributed by atoms with van der Waals surface area (Å²) in [6.07, 6.45) is 8.76. The standard InChI is InChI=1S/C21H31N3O2/c1-26-18-21(11-5-6-12-21)22-20(25)24-16-14-23(15-17-24)13-7-10-19-8-3-2-4-9-19/h2-4,7-10H,5-6,11-18H2,1H3,(H,22,25). The highest BCUT2D eigenvalue weighted by Gasteiger charge is 2.36. The zero-order chi connectivity index (χ0) is 18.2. The fraction of sp³-hybridized carbons (Fsp3) is 0.571. The second-order valence-corrected chi connectivity index (χ2v) is 7.45. The molecule has 26 heavy (non-hydrogen) atoms. The summed E-state index contributed by atoms with van der Waals surface area (Å²) in [4.78, 5) is 17.0. The van der Waals surface area contributed by atoms with E-state index in [9.17, 15) is 4.79 Å². The first-order chi connectivity index (χ1) is 12.7. The molecule has 1 aromatic rings. The van der Waals surface area contributed by atoms with Gasteiger partial charge in [-0.3, -0.25) is 4.90 Å². The largest absolute Gasteiger partial charge is 0.382 e. The molecule has 5 heteroatoms. The Bertz CT molecular complexity index is 589. The average molecular weight is 357 g/mol. The van der Waals surface area contributed by atoms with Crippen LogP contribution in [-0.2, 0) is 4.74 Å². The fourth-order valence-corrected chi connectivity index (χ4v) is 3.97. The van der Waals surface area contributed by atoms with Crippen LogP contribution in [-0.4, -0.2) is 67.8 Å². The van der Waals surface area contributed by atoms with Gasteiger partial charge >= 0.3 is 6.03 Å². The Balaban J connectivity index is 1.43. The summed E-state index contributed by atoms with van der Waals surface area (Å²) in [5.41, 5.74) is 1.08. The van der Waals surface area contributed by atoms with Crippen molar-refractivity contribution >= 4 is 12.1 Å². The van der Waals surface area contributed by atoms with Gasteiger partial charge in [-0.2, -0.15) is 0 Å². The first kappa shape index (κ1) is 18.9. The molecule has 2 fully saturated rings. The summed E-state index contributed by atoms with van der Waals surface area (Å²) in [6.45, 7) is 4.96. The van der Waals surface area contributed by atoms with Crippen LogP contribution in [0.4, 0.5) is 4.79 Å². The normalized spacial score (nSPS) is 20.6. The number of hydrogen-bond donors (Lipinski definition) is 1. The lowest BCUT2D eigenvalue weighted by atomic mass is 9.99. The van der Waals surface area contributed by atoms with Gasteiger partial charge in [0.25, 0.3) is 0 Å². The lowest BCUT2D eigenvalue weighted by Crippen LogP contribution is -2.58.